The summed E-state index contributed by atoms with van der Waals surface area (Å²) in [7, 11) is 0. The molecule has 0 saturated carbocycles. The van der Waals surface area contributed by atoms with E-state index in [1.54, 1.807) is 0 Å². The Morgan fingerprint density at radius 3 is 2.33 bits per heavy atom. The zero-order valence-electron chi connectivity index (χ0n) is 12.5. The molecule has 2 aromatic carbocycles. The molecule has 5 nitrogen and oxygen atoms in total. The largest absolute Gasteiger partial charge is 0.504 e. The van der Waals surface area contributed by atoms with Gasteiger partial charge in [-0.1, -0.05) is 18.2 Å². The van der Waals surface area contributed by atoms with Crippen molar-refractivity contribution >= 4 is 10.8 Å². The zero-order valence-corrected chi connectivity index (χ0v) is 12.5. The Morgan fingerprint density at radius 1 is 1.10 bits per heavy atom. The highest BCUT2D eigenvalue weighted by Gasteiger charge is 2.16. The summed E-state index contributed by atoms with van der Waals surface area (Å²) < 4.78 is 0. The number of fused-ring (bicyclic) bond motifs is 1. The molecule has 2 rings (SSSR count). The second-order valence-corrected chi connectivity index (χ2v) is 6.06. The average Bonchev–Trinajstić information content (AvgIpc) is 2.36. The molecular formula is C16H23NO4. The minimum absolute atomic E-state index is 0. The van der Waals surface area contributed by atoms with E-state index in [1.165, 1.54) is 12.1 Å². The number of nitrogens with one attached hydrogen (secondary N) is 1. The van der Waals surface area contributed by atoms with Gasteiger partial charge in [0.15, 0.2) is 11.5 Å². The van der Waals surface area contributed by atoms with Crippen LogP contribution >= 0.6 is 0 Å². The second-order valence-electron chi connectivity index (χ2n) is 6.06. The maximum absolute atomic E-state index is 10.3. The van der Waals surface area contributed by atoms with Crippen LogP contribution < -0.4 is 5.32 Å². The van der Waals surface area contributed by atoms with Crippen molar-refractivity contribution < 1.29 is 20.8 Å². The molecule has 5 heteroatoms. The lowest BCUT2D eigenvalue weighted by molar-refractivity contribution is 0.164. The Morgan fingerprint density at radius 2 is 1.71 bits per heavy atom. The molecule has 0 bridgehead atoms. The first-order valence-corrected chi connectivity index (χ1v) is 6.65. The number of phenols is 2. The fraction of sp³-hybridized carbons (Fsp3) is 0.375. The molecular weight excluding hydrogens is 270 g/mol. The summed E-state index contributed by atoms with van der Waals surface area (Å²) >= 11 is 0. The summed E-state index contributed by atoms with van der Waals surface area (Å²) in [4.78, 5) is 0. The summed E-state index contributed by atoms with van der Waals surface area (Å²) in [6.07, 6.45) is -0.679. The highest BCUT2D eigenvalue weighted by molar-refractivity contribution is 5.89. The van der Waals surface area contributed by atoms with Gasteiger partial charge in [0.1, 0.15) is 0 Å². The van der Waals surface area contributed by atoms with Gasteiger partial charge in [-0.25, -0.2) is 0 Å². The maximum Gasteiger partial charge on any atom is 0.158 e. The SMILES string of the molecule is CC(C)(C)NCC(O)c1cccc2cc(O)c(O)cc12.O. The minimum atomic E-state index is -0.679. The summed E-state index contributed by atoms with van der Waals surface area (Å²) in [6, 6.07) is 8.47. The van der Waals surface area contributed by atoms with E-state index in [0.717, 1.165) is 16.3 Å². The van der Waals surface area contributed by atoms with E-state index in [2.05, 4.69) is 5.32 Å². The van der Waals surface area contributed by atoms with Crippen LogP contribution in [0.3, 0.4) is 0 Å². The lowest BCUT2D eigenvalue weighted by Gasteiger charge is -2.23. The molecule has 0 aliphatic carbocycles. The van der Waals surface area contributed by atoms with Crippen LogP contribution in [-0.4, -0.2) is 32.9 Å². The first kappa shape index (κ1) is 17.2. The molecule has 116 valence electrons. The van der Waals surface area contributed by atoms with Gasteiger partial charge in [-0.2, -0.15) is 0 Å². The predicted molar refractivity (Wildman–Crippen MR) is 83.6 cm³/mol. The first-order valence-electron chi connectivity index (χ1n) is 6.65. The van der Waals surface area contributed by atoms with Crippen molar-refractivity contribution in [3.05, 3.63) is 35.9 Å². The smallest absolute Gasteiger partial charge is 0.158 e. The van der Waals surface area contributed by atoms with Crippen molar-refractivity contribution in [1.82, 2.24) is 5.32 Å². The third kappa shape index (κ3) is 4.07. The molecule has 2 aromatic rings. The Labute approximate surface area is 124 Å². The number of aromatic hydroxyl groups is 2. The minimum Gasteiger partial charge on any atom is -0.504 e. The molecule has 6 N–H and O–H groups in total. The van der Waals surface area contributed by atoms with Gasteiger partial charge in [0.25, 0.3) is 0 Å². The van der Waals surface area contributed by atoms with Gasteiger partial charge >= 0.3 is 0 Å². The van der Waals surface area contributed by atoms with Gasteiger partial charge < -0.3 is 26.1 Å². The molecule has 0 aromatic heterocycles. The van der Waals surface area contributed by atoms with Crippen molar-refractivity contribution in [3.8, 4) is 11.5 Å². The Bertz CT molecular complexity index is 619. The molecule has 0 aliphatic heterocycles. The standard InChI is InChI=1S/C16H21NO3.H2O/c1-16(2,3)17-9-15(20)11-6-4-5-10-7-13(18)14(19)8-12(10)11;/h4-8,15,17-20H,9H2,1-3H3;1H2. The van der Waals surface area contributed by atoms with Crippen LogP contribution in [0.2, 0.25) is 0 Å². The van der Waals surface area contributed by atoms with Crippen LogP contribution in [0, 0.1) is 0 Å². The summed E-state index contributed by atoms with van der Waals surface area (Å²) in [5.74, 6) is -0.335. The molecule has 21 heavy (non-hydrogen) atoms. The van der Waals surface area contributed by atoms with Crippen LogP contribution in [0.25, 0.3) is 10.8 Å². The summed E-state index contributed by atoms with van der Waals surface area (Å²) in [5.41, 5.74) is 0.654. The highest BCUT2D eigenvalue weighted by atomic mass is 16.3. The Balaban J connectivity index is 0.00000220. The third-order valence-corrected chi connectivity index (χ3v) is 3.19. The van der Waals surface area contributed by atoms with Crippen molar-refractivity contribution in [2.45, 2.75) is 32.4 Å². The van der Waals surface area contributed by atoms with Gasteiger partial charge in [0, 0.05) is 12.1 Å². The first-order chi connectivity index (χ1) is 9.28. The van der Waals surface area contributed by atoms with Crippen LogP contribution in [0.5, 0.6) is 11.5 Å². The topological polar surface area (TPSA) is 104 Å². The van der Waals surface area contributed by atoms with Crippen molar-refractivity contribution in [2.75, 3.05) is 6.54 Å². The number of aliphatic hydroxyl groups excluding tert-OH is 1. The van der Waals surface area contributed by atoms with Crippen LogP contribution in [0.1, 0.15) is 32.4 Å². The molecule has 1 unspecified atom stereocenters. The van der Waals surface area contributed by atoms with Crippen LogP contribution in [-0.2, 0) is 0 Å². The van der Waals surface area contributed by atoms with E-state index in [0.29, 0.717) is 6.54 Å². The summed E-state index contributed by atoms with van der Waals surface area (Å²) in [5, 5.41) is 34.3. The number of hydrogen-bond acceptors (Lipinski definition) is 4. The average molecular weight is 293 g/mol. The van der Waals surface area contributed by atoms with Gasteiger partial charge in [-0.15, -0.1) is 0 Å². The number of β-amino-alcohol motifs (C(OH)–C–C–N with tert-alkyl or cyclic N) is 1. The highest BCUT2D eigenvalue weighted by Crippen LogP contribution is 2.33. The Hall–Kier alpha value is -1.82. The number of rotatable bonds is 3. The van der Waals surface area contributed by atoms with E-state index in [9.17, 15) is 15.3 Å². The van der Waals surface area contributed by atoms with E-state index < -0.39 is 6.10 Å². The van der Waals surface area contributed by atoms with Crippen molar-refractivity contribution in [3.63, 3.8) is 0 Å². The van der Waals surface area contributed by atoms with Gasteiger partial charge in [-0.05, 0) is 49.2 Å². The van der Waals surface area contributed by atoms with E-state index in [4.69, 9.17) is 0 Å². The number of phenolic OH excluding ortho intramolecular Hbond substituents is 2. The molecule has 0 spiro atoms. The molecule has 0 heterocycles. The Kier molecular flexibility index (Phi) is 5.17. The second kappa shape index (κ2) is 6.30. The molecule has 0 saturated heterocycles. The van der Waals surface area contributed by atoms with Crippen LogP contribution in [0.15, 0.2) is 30.3 Å². The van der Waals surface area contributed by atoms with Gasteiger partial charge in [0.05, 0.1) is 6.10 Å². The molecule has 0 radical (unpaired) electrons. The van der Waals surface area contributed by atoms with E-state index in [1.807, 2.05) is 39.0 Å². The van der Waals surface area contributed by atoms with Gasteiger partial charge in [-0.3, -0.25) is 0 Å². The fourth-order valence-electron chi connectivity index (χ4n) is 2.13. The monoisotopic (exact) mass is 293 g/mol. The zero-order chi connectivity index (χ0) is 14.9. The van der Waals surface area contributed by atoms with E-state index >= 15 is 0 Å². The maximum atomic E-state index is 10.3. The molecule has 0 fully saturated rings. The number of hydrogen-bond donors (Lipinski definition) is 4. The summed E-state index contributed by atoms with van der Waals surface area (Å²) in [6.45, 7) is 6.52. The van der Waals surface area contributed by atoms with Crippen molar-refractivity contribution in [1.29, 1.82) is 0 Å². The predicted octanol–water partition coefficient (Wildman–Crippen LogP) is 1.85. The lowest BCUT2D eigenvalue weighted by atomic mass is 9.99. The van der Waals surface area contributed by atoms with E-state index in [-0.39, 0.29) is 22.5 Å². The quantitative estimate of drug-likeness (QED) is 0.648. The third-order valence-electron chi connectivity index (χ3n) is 3.19. The molecule has 1 atom stereocenters. The number of aliphatic hydroxyl groups is 1. The molecule has 0 aliphatic rings. The van der Waals surface area contributed by atoms with Crippen LogP contribution in [0.4, 0.5) is 0 Å². The lowest BCUT2D eigenvalue weighted by Crippen LogP contribution is -2.38. The normalized spacial score (nSPS) is 13.0. The number of benzene rings is 2. The molecule has 0 amide bonds. The van der Waals surface area contributed by atoms with Crippen molar-refractivity contribution in [2.24, 2.45) is 0 Å². The van der Waals surface area contributed by atoms with Gasteiger partial charge in [0.2, 0.25) is 0 Å². The fourth-order valence-corrected chi connectivity index (χ4v) is 2.13.